The molecule has 2 aromatic carbocycles. The summed E-state index contributed by atoms with van der Waals surface area (Å²) >= 11 is 1.63. The summed E-state index contributed by atoms with van der Waals surface area (Å²) in [6.45, 7) is 4.14. The third-order valence-corrected chi connectivity index (χ3v) is 4.88. The van der Waals surface area contributed by atoms with Crippen LogP contribution >= 0.6 is 11.8 Å². The van der Waals surface area contributed by atoms with E-state index in [1.165, 1.54) is 11.1 Å². The van der Waals surface area contributed by atoms with Gasteiger partial charge >= 0.3 is 0 Å². The number of hydrogen-bond acceptors (Lipinski definition) is 3. The zero-order chi connectivity index (χ0) is 17.4. The van der Waals surface area contributed by atoms with Crippen LogP contribution in [0.5, 0.6) is 5.75 Å². The van der Waals surface area contributed by atoms with Crippen LogP contribution in [0.1, 0.15) is 36.1 Å². The number of aryl methyl sites for hydroxylation is 1. The Morgan fingerprint density at radius 3 is 2.54 bits per heavy atom. The highest BCUT2D eigenvalue weighted by Crippen LogP contribution is 2.27. The van der Waals surface area contributed by atoms with Crippen LogP contribution in [0.25, 0.3) is 0 Å². The molecule has 0 saturated heterocycles. The summed E-state index contributed by atoms with van der Waals surface area (Å²) in [5, 5.41) is 3.11. The number of benzene rings is 2. The molecule has 2 aromatic rings. The number of nitrogens with one attached hydrogen (secondary N) is 1. The molecule has 4 heteroatoms. The Labute approximate surface area is 148 Å². The molecule has 1 amide bonds. The van der Waals surface area contributed by atoms with E-state index in [4.69, 9.17) is 4.74 Å². The van der Waals surface area contributed by atoms with Gasteiger partial charge in [-0.2, -0.15) is 0 Å². The van der Waals surface area contributed by atoms with Crippen molar-refractivity contribution in [2.75, 3.05) is 12.9 Å². The molecule has 0 aliphatic carbocycles. The van der Waals surface area contributed by atoms with E-state index in [1.54, 1.807) is 18.9 Å². The first-order valence-electron chi connectivity index (χ1n) is 8.19. The maximum Gasteiger partial charge on any atom is 0.230 e. The minimum absolute atomic E-state index is 0.0198. The first kappa shape index (κ1) is 18.4. The molecule has 0 fully saturated rings. The summed E-state index contributed by atoms with van der Waals surface area (Å²) in [6, 6.07) is 16.3. The highest BCUT2D eigenvalue weighted by molar-refractivity contribution is 7.99. The van der Waals surface area contributed by atoms with E-state index in [-0.39, 0.29) is 11.9 Å². The van der Waals surface area contributed by atoms with Crippen LogP contribution in [-0.4, -0.2) is 18.8 Å². The zero-order valence-electron chi connectivity index (χ0n) is 14.5. The standard InChI is InChI=1S/C20H25NO2S/c1-4-18(17-7-5-6-8-19(17)23-3)21-20(22)14-24-13-16-11-9-15(2)10-12-16/h5-12,18H,4,13-14H2,1-3H3,(H,21,22). The van der Waals surface area contributed by atoms with Gasteiger partial charge in [-0.25, -0.2) is 0 Å². The van der Waals surface area contributed by atoms with E-state index in [9.17, 15) is 4.79 Å². The largest absolute Gasteiger partial charge is 0.496 e. The first-order valence-corrected chi connectivity index (χ1v) is 9.35. The average Bonchev–Trinajstić information content (AvgIpc) is 2.61. The Morgan fingerprint density at radius 1 is 1.17 bits per heavy atom. The fraction of sp³-hybridized carbons (Fsp3) is 0.350. The molecule has 0 spiro atoms. The van der Waals surface area contributed by atoms with Crippen molar-refractivity contribution in [1.29, 1.82) is 0 Å². The topological polar surface area (TPSA) is 38.3 Å². The van der Waals surface area contributed by atoms with Crippen LogP contribution < -0.4 is 10.1 Å². The van der Waals surface area contributed by atoms with Crippen molar-refractivity contribution in [3.05, 3.63) is 65.2 Å². The van der Waals surface area contributed by atoms with E-state index in [0.29, 0.717) is 5.75 Å². The number of methoxy groups -OCH3 is 1. The van der Waals surface area contributed by atoms with Crippen molar-refractivity contribution < 1.29 is 9.53 Å². The van der Waals surface area contributed by atoms with Gasteiger partial charge in [-0.1, -0.05) is 55.0 Å². The Kier molecular flexibility index (Phi) is 7.19. The summed E-state index contributed by atoms with van der Waals surface area (Å²) in [4.78, 5) is 12.3. The van der Waals surface area contributed by atoms with Gasteiger partial charge in [-0.15, -0.1) is 11.8 Å². The van der Waals surface area contributed by atoms with Crippen LogP contribution in [0.4, 0.5) is 0 Å². The summed E-state index contributed by atoms with van der Waals surface area (Å²) in [5.74, 6) is 2.18. The second kappa shape index (κ2) is 9.38. The summed E-state index contributed by atoms with van der Waals surface area (Å²) in [6.07, 6.45) is 0.828. The quantitative estimate of drug-likeness (QED) is 0.767. The predicted octanol–water partition coefficient (Wildman–Crippen LogP) is 4.50. The van der Waals surface area contributed by atoms with Gasteiger partial charge in [0.1, 0.15) is 5.75 Å². The van der Waals surface area contributed by atoms with Gasteiger partial charge in [0, 0.05) is 11.3 Å². The number of para-hydroxylation sites is 1. The van der Waals surface area contributed by atoms with Gasteiger partial charge < -0.3 is 10.1 Å². The maximum absolute atomic E-state index is 12.3. The molecule has 0 aliphatic rings. The SMILES string of the molecule is CCC(NC(=O)CSCc1ccc(C)cc1)c1ccccc1OC. The van der Waals surface area contributed by atoms with E-state index in [0.717, 1.165) is 23.5 Å². The molecule has 1 unspecified atom stereocenters. The number of amides is 1. The zero-order valence-corrected chi connectivity index (χ0v) is 15.4. The summed E-state index contributed by atoms with van der Waals surface area (Å²) in [7, 11) is 1.66. The second-order valence-corrected chi connectivity index (χ2v) is 6.73. The lowest BCUT2D eigenvalue weighted by molar-refractivity contribution is -0.119. The third-order valence-electron chi connectivity index (χ3n) is 3.88. The molecule has 0 bridgehead atoms. The van der Waals surface area contributed by atoms with Gasteiger partial charge in [0.2, 0.25) is 5.91 Å². The lowest BCUT2D eigenvalue weighted by Gasteiger charge is -2.19. The number of carbonyl (C=O) groups excluding carboxylic acids is 1. The normalized spacial score (nSPS) is 11.8. The number of carbonyl (C=O) groups is 1. The van der Waals surface area contributed by atoms with Crippen LogP contribution in [0.3, 0.4) is 0 Å². The molecule has 0 radical (unpaired) electrons. The Morgan fingerprint density at radius 2 is 1.88 bits per heavy atom. The lowest BCUT2D eigenvalue weighted by atomic mass is 10.0. The Balaban J connectivity index is 1.86. The van der Waals surface area contributed by atoms with E-state index < -0.39 is 0 Å². The highest BCUT2D eigenvalue weighted by atomic mass is 32.2. The number of rotatable bonds is 8. The van der Waals surface area contributed by atoms with Crippen LogP contribution in [0, 0.1) is 6.92 Å². The number of ether oxygens (including phenoxy) is 1. The molecule has 1 N–H and O–H groups in total. The van der Waals surface area contributed by atoms with Crippen molar-refractivity contribution >= 4 is 17.7 Å². The van der Waals surface area contributed by atoms with Crippen molar-refractivity contribution in [3.8, 4) is 5.75 Å². The smallest absolute Gasteiger partial charge is 0.230 e. The molecule has 0 aliphatic heterocycles. The van der Waals surface area contributed by atoms with Gasteiger partial charge in [0.05, 0.1) is 18.9 Å². The van der Waals surface area contributed by atoms with Crippen LogP contribution in [0.15, 0.2) is 48.5 Å². The average molecular weight is 343 g/mol. The second-order valence-electron chi connectivity index (χ2n) is 5.75. The van der Waals surface area contributed by atoms with Gasteiger partial charge in [-0.3, -0.25) is 4.79 Å². The molecule has 1 atom stereocenters. The molecule has 0 saturated carbocycles. The molecule has 24 heavy (non-hydrogen) atoms. The minimum Gasteiger partial charge on any atom is -0.496 e. The van der Waals surface area contributed by atoms with Crippen LogP contribution in [-0.2, 0) is 10.5 Å². The molecule has 0 aromatic heterocycles. The summed E-state index contributed by atoms with van der Waals surface area (Å²) in [5.41, 5.74) is 3.53. The Bertz CT molecular complexity index is 655. The van der Waals surface area contributed by atoms with Gasteiger partial charge in [0.25, 0.3) is 0 Å². The van der Waals surface area contributed by atoms with Crippen molar-refractivity contribution in [1.82, 2.24) is 5.32 Å². The molecule has 2 rings (SSSR count). The van der Waals surface area contributed by atoms with Gasteiger partial charge in [0.15, 0.2) is 0 Å². The van der Waals surface area contributed by atoms with Crippen molar-refractivity contribution in [2.45, 2.75) is 32.1 Å². The van der Waals surface area contributed by atoms with E-state index in [2.05, 4.69) is 43.4 Å². The summed E-state index contributed by atoms with van der Waals surface area (Å²) < 4.78 is 5.40. The van der Waals surface area contributed by atoms with Crippen molar-refractivity contribution in [2.24, 2.45) is 0 Å². The fourth-order valence-corrected chi connectivity index (χ4v) is 3.33. The maximum atomic E-state index is 12.3. The number of thioether (sulfide) groups is 1. The monoisotopic (exact) mass is 343 g/mol. The number of hydrogen-bond donors (Lipinski definition) is 1. The predicted molar refractivity (Wildman–Crippen MR) is 102 cm³/mol. The highest BCUT2D eigenvalue weighted by Gasteiger charge is 2.16. The molecule has 128 valence electrons. The molecular weight excluding hydrogens is 318 g/mol. The fourth-order valence-electron chi connectivity index (χ4n) is 2.54. The Hall–Kier alpha value is -1.94. The van der Waals surface area contributed by atoms with E-state index >= 15 is 0 Å². The molecular formula is C20H25NO2S. The first-order chi connectivity index (χ1) is 11.6. The lowest BCUT2D eigenvalue weighted by Crippen LogP contribution is -2.29. The van der Waals surface area contributed by atoms with Crippen LogP contribution in [0.2, 0.25) is 0 Å². The van der Waals surface area contributed by atoms with E-state index in [1.807, 2.05) is 24.3 Å². The molecule has 0 heterocycles. The van der Waals surface area contributed by atoms with Gasteiger partial charge in [-0.05, 0) is 25.0 Å². The minimum atomic E-state index is -0.0198. The van der Waals surface area contributed by atoms with Crippen molar-refractivity contribution in [3.63, 3.8) is 0 Å². The third kappa shape index (κ3) is 5.31. The molecule has 3 nitrogen and oxygen atoms in total.